The molecule has 3 aromatic rings. The van der Waals surface area contributed by atoms with E-state index < -0.39 is 5.63 Å². The van der Waals surface area contributed by atoms with Gasteiger partial charge >= 0.3 is 5.63 Å². The van der Waals surface area contributed by atoms with Crippen LogP contribution in [0.2, 0.25) is 5.02 Å². The number of benzene rings is 2. The zero-order valence-corrected chi connectivity index (χ0v) is 14.4. The lowest BCUT2D eigenvalue weighted by Crippen LogP contribution is -2.12. The van der Waals surface area contributed by atoms with Gasteiger partial charge in [0.1, 0.15) is 5.58 Å². The Labute approximate surface area is 145 Å². The second-order valence-corrected chi connectivity index (χ2v) is 6.36. The lowest BCUT2D eigenvalue weighted by Gasteiger charge is -2.08. The number of nitrogens with one attached hydrogen (secondary N) is 1. The maximum absolute atomic E-state index is 12.3. The van der Waals surface area contributed by atoms with Crippen LogP contribution >= 0.6 is 27.5 Å². The first-order valence-electron chi connectivity index (χ1n) is 6.75. The van der Waals surface area contributed by atoms with E-state index in [1.807, 2.05) is 6.92 Å². The predicted molar refractivity (Wildman–Crippen MR) is 94.3 cm³/mol. The Hall–Kier alpha value is -2.11. The molecular weight excluding hydrogens is 382 g/mol. The normalized spacial score (nSPS) is 10.7. The second-order valence-electron chi connectivity index (χ2n) is 5.04. The summed E-state index contributed by atoms with van der Waals surface area (Å²) in [6.07, 6.45) is 0. The molecule has 0 saturated heterocycles. The van der Waals surface area contributed by atoms with Gasteiger partial charge in [0.25, 0.3) is 5.91 Å². The monoisotopic (exact) mass is 391 g/mol. The molecule has 23 heavy (non-hydrogen) atoms. The van der Waals surface area contributed by atoms with Crippen molar-refractivity contribution in [2.24, 2.45) is 0 Å². The van der Waals surface area contributed by atoms with Crippen LogP contribution in [0.15, 0.2) is 56.1 Å². The van der Waals surface area contributed by atoms with Gasteiger partial charge in [-0.2, -0.15) is 0 Å². The Bertz CT molecular complexity index is 981. The first-order chi connectivity index (χ1) is 10.9. The molecule has 0 bridgehead atoms. The molecule has 1 aromatic heterocycles. The topological polar surface area (TPSA) is 59.3 Å². The number of amides is 1. The Balaban J connectivity index is 1.96. The van der Waals surface area contributed by atoms with E-state index >= 15 is 0 Å². The number of halogens is 2. The number of rotatable bonds is 2. The number of hydrogen-bond donors (Lipinski definition) is 1. The molecule has 0 fully saturated rings. The minimum absolute atomic E-state index is 0.342. The Morgan fingerprint density at radius 1 is 1.17 bits per heavy atom. The fourth-order valence-corrected chi connectivity index (χ4v) is 2.84. The highest BCUT2D eigenvalue weighted by Gasteiger charge is 2.12. The first kappa shape index (κ1) is 15.8. The summed E-state index contributed by atoms with van der Waals surface area (Å²) in [6, 6.07) is 11.6. The van der Waals surface area contributed by atoms with Gasteiger partial charge in [-0.3, -0.25) is 4.79 Å². The summed E-state index contributed by atoms with van der Waals surface area (Å²) >= 11 is 9.36. The average Bonchev–Trinajstić information content (AvgIpc) is 2.49. The smallest absolute Gasteiger partial charge is 0.336 e. The van der Waals surface area contributed by atoms with Crippen molar-refractivity contribution in [2.45, 2.75) is 6.92 Å². The van der Waals surface area contributed by atoms with Gasteiger partial charge < -0.3 is 9.73 Å². The van der Waals surface area contributed by atoms with Crippen LogP contribution < -0.4 is 10.9 Å². The van der Waals surface area contributed by atoms with Crippen molar-refractivity contribution in [3.63, 3.8) is 0 Å². The summed E-state index contributed by atoms with van der Waals surface area (Å²) in [5.41, 5.74) is 1.70. The standard InChI is InChI=1S/C17H11BrClNO3/c1-9-6-16(21)23-15-8-11(3-4-12(9)15)20-17(22)13-7-10(18)2-5-14(13)19/h2-8H,1H3,(H,20,22). The molecule has 2 aromatic carbocycles. The van der Waals surface area contributed by atoms with Crippen molar-refractivity contribution in [1.82, 2.24) is 0 Å². The Morgan fingerprint density at radius 2 is 1.96 bits per heavy atom. The molecule has 0 aliphatic rings. The SMILES string of the molecule is Cc1cc(=O)oc2cc(NC(=O)c3cc(Br)ccc3Cl)ccc12. The van der Waals surface area contributed by atoms with Crippen LogP contribution in [0.4, 0.5) is 5.69 Å². The van der Waals surface area contributed by atoms with E-state index in [1.165, 1.54) is 6.07 Å². The van der Waals surface area contributed by atoms with Crippen LogP contribution in [0.5, 0.6) is 0 Å². The molecule has 1 N–H and O–H groups in total. The molecule has 0 aliphatic heterocycles. The van der Waals surface area contributed by atoms with Crippen molar-refractivity contribution >= 4 is 50.1 Å². The number of aryl methyl sites for hydroxylation is 1. The zero-order valence-electron chi connectivity index (χ0n) is 12.0. The second kappa shape index (κ2) is 6.18. The third-order valence-corrected chi connectivity index (χ3v) is 4.21. The third-order valence-electron chi connectivity index (χ3n) is 3.38. The summed E-state index contributed by atoms with van der Waals surface area (Å²) in [7, 11) is 0. The van der Waals surface area contributed by atoms with E-state index in [9.17, 15) is 9.59 Å². The van der Waals surface area contributed by atoms with E-state index in [-0.39, 0.29) is 5.91 Å². The minimum atomic E-state index is -0.423. The van der Waals surface area contributed by atoms with Crippen LogP contribution in [0.3, 0.4) is 0 Å². The Kier molecular flexibility index (Phi) is 4.24. The highest BCUT2D eigenvalue weighted by molar-refractivity contribution is 9.10. The number of anilines is 1. The molecule has 3 rings (SSSR count). The van der Waals surface area contributed by atoms with Crippen LogP contribution in [0, 0.1) is 6.92 Å². The highest BCUT2D eigenvalue weighted by Crippen LogP contribution is 2.24. The first-order valence-corrected chi connectivity index (χ1v) is 7.92. The van der Waals surface area contributed by atoms with E-state index in [4.69, 9.17) is 16.0 Å². The number of hydrogen-bond acceptors (Lipinski definition) is 3. The van der Waals surface area contributed by atoms with Gasteiger partial charge in [0.15, 0.2) is 0 Å². The predicted octanol–water partition coefficient (Wildman–Crippen LogP) is 4.77. The van der Waals surface area contributed by atoms with Crippen molar-refractivity contribution in [1.29, 1.82) is 0 Å². The van der Waals surface area contributed by atoms with Crippen LogP contribution in [-0.4, -0.2) is 5.91 Å². The van der Waals surface area contributed by atoms with Gasteiger partial charge in [-0.1, -0.05) is 27.5 Å². The summed E-state index contributed by atoms with van der Waals surface area (Å²) in [6.45, 7) is 1.83. The van der Waals surface area contributed by atoms with E-state index in [0.717, 1.165) is 15.4 Å². The van der Waals surface area contributed by atoms with Gasteiger partial charge in [0, 0.05) is 27.7 Å². The summed E-state index contributed by atoms with van der Waals surface area (Å²) in [4.78, 5) is 23.8. The molecular formula is C17H11BrClNO3. The lowest BCUT2D eigenvalue weighted by atomic mass is 10.1. The maximum atomic E-state index is 12.3. The van der Waals surface area contributed by atoms with Gasteiger partial charge in [0.05, 0.1) is 10.6 Å². The number of fused-ring (bicyclic) bond motifs is 1. The molecule has 0 saturated carbocycles. The molecule has 0 radical (unpaired) electrons. The maximum Gasteiger partial charge on any atom is 0.336 e. The van der Waals surface area contributed by atoms with Crippen LogP contribution in [0.25, 0.3) is 11.0 Å². The molecule has 6 heteroatoms. The third kappa shape index (κ3) is 3.30. The number of carbonyl (C=O) groups is 1. The van der Waals surface area contributed by atoms with Gasteiger partial charge in [-0.15, -0.1) is 0 Å². The molecule has 116 valence electrons. The Morgan fingerprint density at radius 3 is 2.74 bits per heavy atom. The largest absolute Gasteiger partial charge is 0.423 e. The fourth-order valence-electron chi connectivity index (χ4n) is 2.27. The minimum Gasteiger partial charge on any atom is -0.423 e. The van der Waals surface area contributed by atoms with Crippen molar-refractivity contribution in [2.75, 3.05) is 5.32 Å². The molecule has 1 amide bonds. The summed E-state index contributed by atoms with van der Waals surface area (Å²) in [5.74, 6) is -0.342. The average molecular weight is 393 g/mol. The van der Waals surface area contributed by atoms with E-state index in [2.05, 4.69) is 21.2 Å². The lowest BCUT2D eigenvalue weighted by molar-refractivity contribution is 0.102. The zero-order chi connectivity index (χ0) is 16.6. The van der Waals surface area contributed by atoms with Crippen molar-refractivity contribution in [3.05, 3.63) is 73.5 Å². The van der Waals surface area contributed by atoms with E-state index in [0.29, 0.717) is 21.9 Å². The molecule has 0 aliphatic carbocycles. The van der Waals surface area contributed by atoms with Crippen molar-refractivity contribution in [3.8, 4) is 0 Å². The molecule has 0 atom stereocenters. The van der Waals surface area contributed by atoms with Gasteiger partial charge in [-0.25, -0.2) is 4.79 Å². The molecule has 4 nitrogen and oxygen atoms in total. The van der Waals surface area contributed by atoms with Gasteiger partial charge in [-0.05, 0) is 42.8 Å². The number of carbonyl (C=O) groups excluding carboxylic acids is 1. The van der Waals surface area contributed by atoms with Gasteiger partial charge in [0.2, 0.25) is 0 Å². The highest BCUT2D eigenvalue weighted by atomic mass is 79.9. The van der Waals surface area contributed by atoms with Crippen LogP contribution in [0.1, 0.15) is 15.9 Å². The molecule has 1 heterocycles. The summed E-state index contributed by atoms with van der Waals surface area (Å²) in [5, 5.41) is 3.93. The van der Waals surface area contributed by atoms with Crippen LogP contribution in [-0.2, 0) is 0 Å². The molecule has 0 unspecified atom stereocenters. The fraction of sp³-hybridized carbons (Fsp3) is 0.0588. The molecule has 0 spiro atoms. The van der Waals surface area contributed by atoms with E-state index in [1.54, 1.807) is 36.4 Å². The summed E-state index contributed by atoms with van der Waals surface area (Å²) < 4.78 is 5.93. The quantitative estimate of drug-likeness (QED) is 0.639. The van der Waals surface area contributed by atoms with Crippen molar-refractivity contribution < 1.29 is 9.21 Å².